The Kier molecular flexibility index (Phi) is 6.21. The highest BCUT2D eigenvalue weighted by atomic mass is 35.5. The van der Waals surface area contributed by atoms with Gasteiger partial charge in [-0.1, -0.05) is 20.8 Å². The molecule has 4 nitrogen and oxygen atoms in total. The molecule has 0 saturated heterocycles. The van der Waals surface area contributed by atoms with Crippen LogP contribution in [0.4, 0.5) is 5.82 Å². The molecule has 6 heteroatoms. The Balaban J connectivity index is 2.08. The maximum absolute atomic E-state index is 6.03. The fourth-order valence-corrected chi connectivity index (χ4v) is 3.52. The Morgan fingerprint density at radius 1 is 1.24 bits per heavy atom. The zero-order valence-electron chi connectivity index (χ0n) is 12.9. The summed E-state index contributed by atoms with van der Waals surface area (Å²) in [4.78, 5) is 13.4. The third-order valence-electron chi connectivity index (χ3n) is 3.47. The van der Waals surface area contributed by atoms with Crippen LogP contribution in [0.15, 0.2) is 6.07 Å². The quantitative estimate of drug-likeness (QED) is 0.743. The maximum atomic E-state index is 6.03. The second-order valence-electron chi connectivity index (χ2n) is 4.99. The summed E-state index contributed by atoms with van der Waals surface area (Å²) in [5, 5.41) is 4.82. The van der Waals surface area contributed by atoms with Crippen LogP contribution in [-0.4, -0.2) is 41.0 Å². The number of nitrogens with zero attached hydrogens (tertiary/aromatic N) is 3. The Bertz CT molecular complexity index is 584. The van der Waals surface area contributed by atoms with Crippen LogP contribution in [0, 0.1) is 0 Å². The minimum Gasteiger partial charge on any atom is -0.368 e. The van der Waals surface area contributed by atoms with Crippen LogP contribution in [0.1, 0.15) is 32.1 Å². The number of likely N-dealkylation sites (N-methyl/N-ethyl adjacent to an activating group) is 1. The van der Waals surface area contributed by atoms with Crippen molar-refractivity contribution in [2.24, 2.45) is 0 Å². The molecule has 21 heavy (non-hydrogen) atoms. The first-order valence-electron chi connectivity index (χ1n) is 7.60. The smallest absolute Gasteiger partial charge is 0.225 e. The number of fused-ring (bicyclic) bond motifs is 1. The number of thiophene rings is 1. The van der Waals surface area contributed by atoms with Crippen LogP contribution in [-0.2, 0) is 6.42 Å². The van der Waals surface area contributed by atoms with E-state index in [0.29, 0.717) is 5.28 Å². The van der Waals surface area contributed by atoms with E-state index in [9.17, 15) is 0 Å². The van der Waals surface area contributed by atoms with Gasteiger partial charge in [0, 0.05) is 18.0 Å². The first-order chi connectivity index (χ1) is 10.2. The molecule has 0 bridgehead atoms. The summed E-state index contributed by atoms with van der Waals surface area (Å²) in [7, 11) is 0. The SMILES string of the molecule is CCCN(CC)CCNc1nc(Cl)nc2sc(CC)cc12. The van der Waals surface area contributed by atoms with Gasteiger partial charge in [0.2, 0.25) is 5.28 Å². The highest BCUT2D eigenvalue weighted by Crippen LogP contribution is 2.30. The van der Waals surface area contributed by atoms with Crippen LogP contribution in [0.25, 0.3) is 10.2 Å². The average Bonchev–Trinajstić information content (AvgIpc) is 2.89. The molecule has 0 atom stereocenters. The molecule has 2 heterocycles. The van der Waals surface area contributed by atoms with Gasteiger partial charge in [-0.05, 0) is 43.6 Å². The summed E-state index contributed by atoms with van der Waals surface area (Å²) < 4.78 is 0. The Labute approximate surface area is 135 Å². The van der Waals surface area contributed by atoms with E-state index in [4.69, 9.17) is 11.6 Å². The van der Waals surface area contributed by atoms with E-state index < -0.39 is 0 Å². The van der Waals surface area contributed by atoms with E-state index in [1.165, 1.54) is 11.3 Å². The molecular weight excluding hydrogens is 304 g/mol. The van der Waals surface area contributed by atoms with Crippen molar-refractivity contribution in [3.63, 3.8) is 0 Å². The zero-order valence-corrected chi connectivity index (χ0v) is 14.5. The predicted octanol–water partition coefficient (Wildman–Crippen LogP) is 4.05. The topological polar surface area (TPSA) is 41.0 Å². The number of halogens is 1. The van der Waals surface area contributed by atoms with Crippen LogP contribution in [0.2, 0.25) is 5.28 Å². The second-order valence-corrected chi connectivity index (χ2v) is 6.44. The van der Waals surface area contributed by atoms with Gasteiger partial charge in [0.05, 0.1) is 5.39 Å². The van der Waals surface area contributed by atoms with Gasteiger partial charge in [0.25, 0.3) is 0 Å². The molecule has 0 saturated carbocycles. The van der Waals surface area contributed by atoms with Crippen molar-refractivity contribution in [2.75, 3.05) is 31.5 Å². The number of aryl methyl sites for hydroxylation is 1. The van der Waals surface area contributed by atoms with Gasteiger partial charge in [0.15, 0.2) is 0 Å². The van der Waals surface area contributed by atoms with Crippen LogP contribution in [0.3, 0.4) is 0 Å². The van der Waals surface area contributed by atoms with Gasteiger partial charge >= 0.3 is 0 Å². The molecule has 2 aromatic rings. The predicted molar refractivity (Wildman–Crippen MR) is 92.7 cm³/mol. The summed E-state index contributed by atoms with van der Waals surface area (Å²) in [6.45, 7) is 10.6. The van der Waals surface area contributed by atoms with Crippen molar-refractivity contribution in [3.05, 3.63) is 16.2 Å². The van der Waals surface area contributed by atoms with Crippen LogP contribution in [0.5, 0.6) is 0 Å². The first kappa shape index (κ1) is 16.5. The van der Waals surface area contributed by atoms with E-state index in [0.717, 1.165) is 48.6 Å². The standard InChI is InChI=1S/C15H23ClN4S/c1-4-8-20(6-3)9-7-17-13-12-10-11(5-2)21-14(12)19-15(16)18-13/h10H,4-9H2,1-3H3,(H,17,18,19). The molecule has 2 aromatic heterocycles. The third-order valence-corrected chi connectivity index (χ3v) is 4.81. The molecule has 0 spiro atoms. The fourth-order valence-electron chi connectivity index (χ4n) is 2.33. The first-order valence-corrected chi connectivity index (χ1v) is 8.79. The van der Waals surface area contributed by atoms with Crippen molar-refractivity contribution in [3.8, 4) is 0 Å². The number of nitrogens with one attached hydrogen (secondary N) is 1. The van der Waals surface area contributed by atoms with Gasteiger partial charge in [0.1, 0.15) is 10.6 Å². The normalized spacial score (nSPS) is 11.5. The van der Waals surface area contributed by atoms with Crippen molar-refractivity contribution in [1.29, 1.82) is 0 Å². The summed E-state index contributed by atoms with van der Waals surface area (Å²) in [5.41, 5.74) is 0. The van der Waals surface area contributed by atoms with Gasteiger partial charge in [-0.2, -0.15) is 0 Å². The number of aromatic nitrogens is 2. The third kappa shape index (κ3) is 4.28. The fraction of sp³-hybridized carbons (Fsp3) is 0.600. The minimum atomic E-state index is 0.315. The molecule has 1 N–H and O–H groups in total. The Morgan fingerprint density at radius 2 is 2.05 bits per heavy atom. The lowest BCUT2D eigenvalue weighted by molar-refractivity contribution is 0.300. The number of hydrogen-bond acceptors (Lipinski definition) is 5. The Morgan fingerprint density at radius 3 is 2.71 bits per heavy atom. The summed E-state index contributed by atoms with van der Waals surface area (Å²) in [5.74, 6) is 0.855. The van der Waals surface area contributed by atoms with E-state index in [-0.39, 0.29) is 0 Å². The molecular formula is C15H23ClN4S. The van der Waals surface area contributed by atoms with Crippen molar-refractivity contribution >= 4 is 39.0 Å². The molecule has 0 unspecified atom stereocenters. The molecule has 0 aliphatic heterocycles. The summed E-state index contributed by atoms with van der Waals surface area (Å²) in [6.07, 6.45) is 2.19. The highest BCUT2D eigenvalue weighted by molar-refractivity contribution is 7.18. The number of anilines is 1. The van der Waals surface area contributed by atoms with E-state index in [1.807, 2.05) is 0 Å². The van der Waals surface area contributed by atoms with Gasteiger partial charge in [-0.3, -0.25) is 0 Å². The molecule has 0 radical (unpaired) electrons. The maximum Gasteiger partial charge on any atom is 0.225 e. The van der Waals surface area contributed by atoms with Crippen LogP contribution >= 0.6 is 22.9 Å². The second kappa shape index (κ2) is 7.92. The summed E-state index contributed by atoms with van der Waals surface area (Å²) >= 11 is 7.72. The van der Waals surface area contributed by atoms with Gasteiger partial charge < -0.3 is 10.2 Å². The largest absolute Gasteiger partial charge is 0.368 e. The lowest BCUT2D eigenvalue weighted by Crippen LogP contribution is -2.29. The van der Waals surface area contributed by atoms with Gasteiger partial charge in [-0.25, -0.2) is 9.97 Å². The number of hydrogen-bond donors (Lipinski definition) is 1. The van der Waals surface area contributed by atoms with E-state index in [1.54, 1.807) is 11.3 Å². The van der Waals surface area contributed by atoms with E-state index >= 15 is 0 Å². The molecule has 0 fully saturated rings. The molecule has 0 aliphatic carbocycles. The average molecular weight is 327 g/mol. The highest BCUT2D eigenvalue weighted by Gasteiger charge is 2.10. The van der Waals surface area contributed by atoms with Gasteiger partial charge in [-0.15, -0.1) is 11.3 Å². The van der Waals surface area contributed by atoms with Crippen molar-refractivity contribution in [2.45, 2.75) is 33.6 Å². The Hall–Kier alpha value is -0.910. The molecule has 0 amide bonds. The summed E-state index contributed by atoms with van der Waals surface area (Å²) in [6, 6.07) is 2.17. The monoisotopic (exact) mass is 326 g/mol. The number of rotatable bonds is 8. The van der Waals surface area contributed by atoms with Crippen molar-refractivity contribution in [1.82, 2.24) is 14.9 Å². The van der Waals surface area contributed by atoms with Crippen molar-refractivity contribution < 1.29 is 0 Å². The van der Waals surface area contributed by atoms with E-state index in [2.05, 4.69) is 47.0 Å². The lowest BCUT2D eigenvalue weighted by atomic mass is 10.3. The lowest BCUT2D eigenvalue weighted by Gasteiger charge is -2.19. The van der Waals surface area contributed by atoms with Crippen LogP contribution < -0.4 is 5.32 Å². The molecule has 116 valence electrons. The minimum absolute atomic E-state index is 0.315. The molecule has 0 aliphatic rings. The zero-order chi connectivity index (χ0) is 15.2. The molecule has 0 aromatic carbocycles. The molecule has 2 rings (SSSR count).